The third-order valence-corrected chi connectivity index (χ3v) is 3.26. The van der Waals surface area contributed by atoms with E-state index in [0.717, 1.165) is 6.54 Å². The molecule has 0 heterocycles. The SMILES string of the molecule is CCCCCCC.CCCCCCCCCCN. The van der Waals surface area contributed by atoms with Gasteiger partial charge in [-0.05, 0) is 13.0 Å². The van der Waals surface area contributed by atoms with Crippen LogP contribution in [-0.4, -0.2) is 6.54 Å². The maximum atomic E-state index is 5.39. The molecule has 0 saturated carbocycles. The van der Waals surface area contributed by atoms with Crippen molar-refractivity contribution in [2.24, 2.45) is 5.73 Å². The summed E-state index contributed by atoms with van der Waals surface area (Å²) in [5.41, 5.74) is 5.39. The van der Waals surface area contributed by atoms with Crippen molar-refractivity contribution in [3.63, 3.8) is 0 Å². The Morgan fingerprint density at radius 3 is 1.06 bits per heavy atom. The summed E-state index contributed by atoms with van der Waals surface area (Å²) >= 11 is 0. The van der Waals surface area contributed by atoms with Gasteiger partial charge in [0.1, 0.15) is 0 Å². The highest BCUT2D eigenvalue weighted by Gasteiger charge is 1.89. The molecule has 0 amide bonds. The van der Waals surface area contributed by atoms with Gasteiger partial charge in [0.05, 0.1) is 0 Å². The molecule has 0 saturated heterocycles. The van der Waals surface area contributed by atoms with Crippen LogP contribution in [0.5, 0.6) is 0 Å². The average molecular weight is 258 g/mol. The van der Waals surface area contributed by atoms with Crippen molar-refractivity contribution in [1.29, 1.82) is 0 Å². The number of hydrogen-bond acceptors (Lipinski definition) is 1. The minimum Gasteiger partial charge on any atom is -0.330 e. The van der Waals surface area contributed by atoms with Crippen LogP contribution in [0.2, 0.25) is 0 Å². The molecule has 112 valence electrons. The van der Waals surface area contributed by atoms with Crippen molar-refractivity contribution in [2.45, 2.75) is 104 Å². The standard InChI is InChI=1S/C10H23N.C7H16/c1-2-3-4-5-6-7-8-9-10-11;1-3-5-7-6-4-2/h2-11H2,1H3;3-7H2,1-2H3. The van der Waals surface area contributed by atoms with Crippen LogP contribution in [0.3, 0.4) is 0 Å². The Morgan fingerprint density at radius 2 is 0.722 bits per heavy atom. The summed E-state index contributed by atoms with van der Waals surface area (Å²) in [5, 5.41) is 0. The van der Waals surface area contributed by atoms with Gasteiger partial charge in [0.2, 0.25) is 0 Å². The van der Waals surface area contributed by atoms with Gasteiger partial charge in [-0.1, -0.05) is 97.8 Å². The quantitative estimate of drug-likeness (QED) is 0.422. The van der Waals surface area contributed by atoms with Crippen LogP contribution in [-0.2, 0) is 0 Å². The fourth-order valence-corrected chi connectivity index (χ4v) is 1.95. The van der Waals surface area contributed by atoms with E-state index < -0.39 is 0 Å². The Labute approximate surface area is 117 Å². The van der Waals surface area contributed by atoms with Crippen LogP contribution in [0.15, 0.2) is 0 Å². The average Bonchev–Trinajstić information content (AvgIpc) is 2.39. The molecular formula is C17H39N. The van der Waals surface area contributed by atoms with Crippen molar-refractivity contribution in [3.8, 4) is 0 Å². The number of unbranched alkanes of at least 4 members (excludes halogenated alkanes) is 11. The molecule has 0 atom stereocenters. The minimum atomic E-state index is 0.870. The summed E-state index contributed by atoms with van der Waals surface area (Å²) in [6.45, 7) is 7.62. The molecule has 0 unspecified atom stereocenters. The van der Waals surface area contributed by atoms with Gasteiger partial charge in [0, 0.05) is 0 Å². The largest absolute Gasteiger partial charge is 0.330 e. The summed E-state index contributed by atoms with van der Waals surface area (Å²) in [6.07, 6.45) is 18.0. The molecule has 1 heteroatoms. The van der Waals surface area contributed by atoms with E-state index in [1.807, 2.05) is 0 Å². The second kappa shape index (κ2) is 22.2. The first kappa shape index (κ1) is 20.3. The van der Waals surface area contributed by atoms with E-state index in [0.29, 0.717) is 0 Å². The highest BCUT2D eigenvalue weighted by molar-refractivity contribution is 4.45. The summed E-state index contributed by atoms with van der Waals surface area (Å²) in [7, 11) is 0. The molecular weight excluding hydrogens is 218 g/mol. The molecule has 0 radical (unpaired) electrons. The Morgan fingerprint density at radius 1 is 0.444 bits per heavy atom. The van der Waals surface area contributed by atoms with E-state index in [1.54, 1.807) is 0 Å². The van der Waals surface area contributed by atoms with Gasteiger partial charge in [-0.25, -0.2) is 0 Å². The van der Waals surface area contributed by atoms with Gasteiger partial charge in [0.25, 0.3) is 0 Å². The Balaban J connectivity index is 0. The van der Waals surface area contributed by atoms with Gasteiger partial charge in [0.15, 0.2) is 0 Å². The van der Waals surface area contributed by atoms with Gasteiger partial charge >= 0.3 is 0 Å². The highest BCUT2D eigenvalue weighted by atomic mass is 14.5. The molecule has 2 N–H and O–H groups in total. The molecule has 0 aliphatic carbocycles. The molecule has 0 aromatic heterocycles. The lowest BCUT2D eigenvalue weighted by molar-refractivity contribution is 0.578. The van der Waals surface area contributed by atoms with Crippen molar-refractivity contribution >= 4 is 0 Å². The lowest BCUT2D eigenvalue weighted by Crippen LogP contribution is -1.97. The van der Waals surface area contributed by atoms with Gasteiger partial charge in [-0.15, -0.1) is 0 Å². The first-order chi connectivity index (χ1) is 8.83. The van der Waals surface area contributed by atoms with Crippen LogP contribution in [0.25, 0.3) is 0 Å². The Bertz CT molecular complexity index is 100. The zero-order valence-corrected chi connectivity index (χ0v) is 13.5. The van der Waals surface area contributed by atoms with E-state index in [1.165, 1.54) is 83.5 Å². The van der Waals surface area contributed by atoms with E-state index in [9.17, 15) is 0 Å². The van der Waals surface area contributed by atoms with E-state index in [-0.39, 0.29) is 0 Å². The molecule has 0 aromatic rings. The molecule has 0 aliphatic heterocycles. The van der Waals surface area contributed by atoms with Gasteiger partial charge in [-0.3, -0.25) is 0 Å². The third-order valence-electron chi connectivity index (χ3n) is 3.26. The third kappa shape index (κ3) is 25.0. The van der Waals surface area contributed by atoms with Crippen molar-refractivity contribution in [1.82, 2.24) is 0 Å². The lowest BCUT2D eigenvalue weighted by atomic mass is 10.1. The maximum Gasteiger partial charge on any atom is -0.00773 e. The predicted octanol–water partition coefficient (Wildman–Crippen LogP) is 6.06. The molecule has 0 aliphatic rings. The normalized spacial score (nSPS) is 10.0. The smallest absolute Gasteiger partial charge is 0.00773 e. The topological polar surface area (TPSA) is 26.0 Å². The Kier molecular flexibility index (Phi) is 25.0. The van der Waals surface area contributed by atoms with E-state index in [2.05, 4.69) is 20.8 Å². The fraction of sp³-hybridized carbons (Fsp3) is 1.00. The van der Waals surface area contributed by atoms with Crippen LogP contribution in [0, 0.1) is 0 Å². The highest BCUT2D eigenvalue weighted by Crippen LogP contribution is 2.07. The minimum absolute atomic E-state index is 0.870. The van der Waals surface area contributed by atoms with Crippen LogP contribution in [0.1, 0.15) is 104 Å². The first-order valence-electron chi connectivity index (χ1n) is 8.53. The van der Waals surface area contributed by atoms with E-state index in [4.69, 9.17) is 5.73 Å². The second-order valence-electron chi connectivity index (χ2n) is 5.32. The number of hydrogen-bond donors (Lipinski definition) is 1. The molecule has 0 rings (SSSR count). The molecule has 18 heavy (non-hydrogen) atoms. The first-order valence-corrected chi connectivity index (χ1v) is 8.53. The van der Waals surface area contributed by atoms with Crippen molar-refractivity contribution < 1.29 is 0 Å². The van der Waals surface area contributed by atoms with Crippen LogP contribution in [0.4, 0.5) is 0 Å². The summed E-state index contributed by atoms with van der Waals surface area (Å²) in [4.78, 5) is 0. The zero-order chi connectivity index (χ0) is 13.9. The number of nitrogens with two attached hydrogens (primary N) is 1. The predicted molar refractivity (Wildman–Crippen MR) is 86.1 cm³/mol. The lowest BCUT2D eigenvalue weighted by Gasteiger charge is -1.99. The second-order valence-corrected chi connectivity index (χ2v) is 5.32. The monoisotopic (exact) mass is 257 g/mol. The summed E-state index contributed by atoms with van der Waals surface area (Å²) < 4.78 is 0. The van der Waals surface area contributed by atoms with Crippen molar-refractivity contribution in [3.05, 3.63) is 0 Å². The Hall–Kier alpha value is -0.0400. The maximum absolute atomic E-state index is 5.39. The fourth-order valence-electron chi connectivity index (χ4n) is 1.95. The van der Waals surface area contributed by atoms with E-state index >= 15 is 0 Å². The number of rotatable bonds is 12. The summed E-state index contributed by atoms with van der Waals surface area (Å²) in [6, 6.07) is 0. The van der Waals surface area contributed by atoms with Gasteiger partial charge < -0.3 is 5.73 Å². The molecule has 0 aromatic carbocycles. The zero-order valence-electron chi connectivity index (χ0n) is 13.5. The van der Waals surface area contributed by atoms with Crippen molar-refractivity contribution in [2.75, 3.05) is 6.54 Å². The van der Waals surface area contributed by atoms with Crippen LogP contribution < -0.4 is 5.73 Å². The van der Waals surface area contributed by atoms with Gasteiger partial charge in [-0.2, -0.15) is 0 Å². The molecule has 0 spiro atoms. The molecule has 0 bridgehead atoms. The molecule has 0 fully saturated rings. The molecule has 1 nitrogen and oxygen atoms in total. The van der Waals surface area contributed by atoms with Crippen LogP contribution >= 0.6 is 0 Å². The summed E-state index contributed by atoms with van der Waals surface area (Å²) in [5.74, 6) is 0.